The lowest BCUT2D eigenvalue weighted by Crippen LogP contribution is -2.47. The summed E-state index contributed by atoms with van der Waals surface area (Å²) in [7, 11) is 0. The lowest BCUT2D eigenvalue weighted by Gasteiger charge is -2.44. The van der Waals surface area contributed by atoms with Gasteiger partial charge in [0.25, 0.3) is 11.5 Å². The smallest absolute Gasteiger partial charge is 0.251 e. The van der Waals surface area contributed by atoms with E-state index in [1.807, 2.05) is 23.6 Å². The van der Waals surface area contributed by atoms with Gasteiger partial charge in [-0.1, -0.05) is 6.07 Å². The minimum Gasteiger partial charge on any atom is -0.507 e. The third-order valence-electron chi connectivity index (χ3n) is 10.5. The number of ketones is 3. The van der Waals surface area contributed by atoms with Crippen LogP contribution in [0.4, 0.5) is 11.4 Å². The van der Waals surface area contributed by atoms with Gasteiger partial charge in [0.05, 0.1) is 22.5 Å². The molecule has 0 unspecified atom stereocenters. The Kier molecular flexibility index (Phi) is 7.72. The van der Waals surface area contributed by atoms with E-state index in [0.717, 1.165) is 17.8 Å². The Bertz CT molecular complexity index is 2180. The molecule has 1 amide bonds. The van der Waals surface area contributed by atoms with Crippen LogP contribution in [0.2, 0.25) is 0 Å². The van der Waals surface area contributed by atoms with E-state index in [1.54, 1.807) is 31.2 Å². The van der Waals surface area contributed by atoms with Crippen molar-refractivity contribution in [1.29, 1.82) is 0 Å². The first-order valence-electron chi connectivity index (χ1n) is 16.7. The van der Waals surface area contributed by atoms with Crippen molar-refractivity contribution in [2.75, 3.05) is 29.9 Å². The number of hydrogen-bond donors (Lipinski definition) is 4. The average Bonchev–Trinajstić information content (AvgIpc) is 3.36. The van der Waals surface area contributed by atoms with Crippen LogP contribution in [0.15, 0.2) is 64.3 Å². The Balaban J connectivity index is 1.31. The topological polar surface area (TPSA) is 167 Å². The van der Waals surface area contributed by atoms with E-state index in [1.165, 1.54) is 26.8 Å². The number of carbonyl (C=O) groups is 4. The average molecular weight is 679 g/mol. The Labute approximate surface area is 288 Å². The zero-order valence-corrected chi connectivity index (χ0v) is 28.5. The number of amides is 1. The zero-order chi connectivity index (χ0) is 35.8. The normalized spacial score (nSPS) is 22.9. The van der Waals surface area contributed by atoms with Gasteiger partial charge in [-0.25, -0.2) is 0 Å². The van der Waals surface area contributed by atoms with Gasteiger partial charge >= 0.3 is 0 Å². The van der Waals surface area contributed by atoms with E-state index < -0.39 is 34.3 Å². The van der Waals surface area contributed by atoms with Gasteiger partial charge in [0.2, 0.25) is 0 Å². The first-order chi connectivity index (χ1) is 23.8. The lowest BCUT2D eigenvalue weighted by atomic mass is 9.70. The van der Waals surface area contributed by atoms with Crippen molar-refractivity contribution < 1.29 is 34.1 Å². The molecule has 12 heteroatoms. The molecule has 7 rings (SSSR count). The number of aromatic hydroxyl groups is 2. The van der Waals surface area contributed by atoms with Crippen LogP contribution >= 0.6 is 0 Å². The highest BCUT2D eigenvalue weighted by Crippen LogP contribution is 2.57. The number of ether oxygens (including phenoxy) is 1. The number of nitrogens with zero attached hydrogens (tertiary/aromatic N) is 2. The molecule has 3 atom stereocenters. The highest BCUT2D eigenvalue weighted by atomic mass is 16.5. The van der Waals surface area contributed by atoms with Crippen LogP contribution in [-0.4, -0.2) is 57.7 Å². The van der Waals surface area contributed by atoms with Gasteiger partial charge in [-0.15, -0.1) is 0 Å². The number of benzene rings is 2. The number of carbonyl (C=O) groups excluding carboxylic acids is 4. The number of aromatic nitrogens is 1. The molecule has 1 saturated heterocycles. The number of hydrogen-bond acceptors (Lipinski definition) is 10. The summed E-state index contributed by atoms with van der Waals surface area (Å²) in [5.41, 5.74) is 0.832. The third kappa shape index (κ3) is 4.84. The number of phenols is 2. The minimum absolute atomic E-state index is 0.00483. The SMILES string of the molecule is CCNC(=O)c1ccc(N2C[C@H]3C[C@@H](C2)c2cccc(=O)n2C3)c(N/C(C)=C2\C(=O)C=C3Oc4c(C(C)=O)c(O)c(C)c(O)c4[C@@]3(C)C2=O)c1. The van der Waals surface area contributed by atoms with Crippen molar-refractivity contribution in [3.8, 4) is 17.2 Å². The van der Waals surface area contributed by atoms with Crippen LogP contribution in [0.5, 0.6) is 17.2 Å². The van der Waals surface area contributed by atoms with Gasteiger partial charge in [0.1, 0.15) is 34.0 Å². The molecule has 1 aliphatic carbocycles. The molecule has 0 radical (unpaired) electrons. The molecule has 1 fully saturated rings. The van der Waals surface area contributed by atoms with Crippen LogP contribution in [-0.2, 0) is 21.5 Å². The molecule has 3 aliphatic heterocycles. The second kappa shape index (κ2) is 11.7. The van der Waals surface area contributed by atoms with Crippen molar-refractivity contribution >= 4 is 34.6 Å². The lowest BCUT2D eigenvalue weighted by molar-refractivity contribution is -0.123. The molecule has 0 spiro atoms. The molecule has 4 N–H and O–H groups in total. The second-order valence-corrected chi connectivity index (χ2v) is 13.7. The van der Waals surface area contributed by atoms with E-state index in [9.17, 15) is 34.2 Å². The molecule has 50 heavy (non-hydrogen) atoms. The number of allylic oxidation sites excluding steroid dienone is 4. The first-order valence-corrected chi connectivity index (χ1v) is 16.7. The number of piperidine rings is 1. The van der Waals surface area contributed by atoms with Crippen LogP contribution < -0.4 is 25.8 Å². The summed E-state index contributed by atoms with van der Waals surface area (Å²) in [5, 5.41) is 28.0. The largest absolute Gasteiger partial charge is 0.507 e. The molecular weight excluding hydrogens is 640 g/mol. The molecule has 3 aromatic rings. The summed E-state index contributed by atoms with van der Waals surface area (Å²) in [5.74, 6) is -2.87. The second-order valence-electron chi connectivity index (χ2n) is 13.7. The predicted octanol–water partition coefficient (Wildman–Crippen LogP) is 4.22. The van der Waals surface area contributed by atoms with E-state index in [0.29, 0.717) is 37.4 Å². The summed E-state index contributed by atoms with van der Waals surface area (Å²) in [4.78, 5) is 68.5. The maximum absolute atomic E-state index is 14.5. The number of phenolic OH excluding ortho intramolecular Hbond substituents is 2. The third-order valence-corrected chi connectivity index (χ3v) is 10.5. The molecule has 1 aromatic heterocycles. The van der Waals surface area contributed by atoms with E-state index >= 15 is 0 Å². The zero-order valence-electron chi connectivity index (χ0n) is 28.5. The van der Waals surface area contributed by atoms with Gasteiger partial charge in [0, 0.05) is 66.8 Å². The van der Waals surface area contributed by atoms with Crippen molar-refractivity contribution in [1.82, 2.24) is 9.88 Å². The number of rotatable bonds is 6. The van der Waals surface area contributed by atoms with Crippen LogP contribution in [0, 0.1) is 12.8 Å². The van der Waals surface area contributed by atoms with Gasteiger partial charge in [-0.05, 0) is 71.2 Å². The van der Waals surface area contributed by atoms with Crippen LogP contribution in [0.1, 0.15) is 77.6 Å². The van der Waals surface area contributed by atoms with E-state index in [2.05, 4.69) is 15.5 Å². The fourth-order valence-electron chi connectivity index (χ4n) is 8.04. The Morgan fingerprint density at radius 1 is 1.04 bits per heavy atom. The summed E-state index contributed by atoms with van der Waals surface area (Å²) < 4.78 is 7.76. The fraction of sp³-hybridized carbons (Fsp3) is 0.342. The van der Waals surface area contributed by atoms with Crippen LogP contribution in [0.25, 0.3) is 0 Å². The summed E-state index contributed by atoms with van der Waals surface area (Å²) in [6, 6.07) is 10.6. The highest BCUT2D eigenvalue weighted by Gasteiger charge is 2.56. The summed E-state index contributed by atoms with van der Waals surface area (Å²) >= 11 is 0. The van der Waals surface area contributed by atoms with Gasteiger partial charge in [-0.3, -0.25) is 24.0 Å². The number of pyridine rings is 1. The molecule has 0 saturated carbocycles. The first kappa shape index (κ1) is 32.9. The number of nitrogens with one attached hydrogen (secondary N) is 2. The standard InChI is InChI=1S/C38H38N4O8/c1-6-39-37(49)22-10-11-26(41-15-21-12-23(17-41)25-8-7-9-29(45)42(25)16-21)24(13-22)40-19(3)30-27(44)14-28-38(5,36(30)48)32-34(47)18(2)33(46)31(20(4)43)35(32)50-28/h7-11,13-14,21,23,40,46-47H,6,12,15-17H2,1-5H3,(H,39,49)/b30-19+/t21-,23+,38+/m1/s1. The number of Topliss-reactive ketones (excluding diaryl/α,β-unsaturated/α-hetero) is 2. The molecular formula is C38H38N4O8. The van der Waals surface area contributed by atoms with Crippen LogP contribution in [0.3, 0.4) is 0 Å². The fourth-order valence-corrected chi connectivity index (χ4v) is 8.04. The molecule has 4 aliphatic rings. The molecule has 2 aromatic carbocycles. The molecule has 4 heterocycles. The van der Waals surface area contributed by atoms with Crippen molar-refractivity contribution in [2.45, 2.75) is 58.9 Å². The molecule has 12 nitrogen and oxygen atoms in total. The minimum atomic E-state index is -1.67. The predicted molar refractivity (Wildman–Crippen MR) is 185 cm³/mol. The highest BCUT2D eigenvalue weighted by molar-refractivity contribution is 6.31. The van der Waals surface area contributed by atoms with Gasteiger partial charge < -0.3 is 35.1 Å². The summed E-state index contributed by atoms with van der Waals surface area (Å²) in [6.45, 7) is 9.90. The Morgan fingerprint density at radius 2 is 1.80 bits per heavy atom. The van der Waals surface area contributed by atoms with Gasteiger partial charge in [-0.2, -0.15) is 0 Å². The number of anilines is 2. The van der Waals surface area contributed by atoms with E-state index in [4.69, 9.17) is 4.74 Å². The van der Waals surface area contributed by atoms with Crippen molar-refractivity contribution in [3.05, 3.63) is 97.8 Å². The number of fused-ring (bicyclic) bond motifs is 7. The van der Waals surface area contributed by atoms with Gasteiger partial charge in [0.15, 0.2) is 17.3 Å². The molecule has 2 bridgehead atoms. The maximum Gasteiger partial charge on any atom is 0.251 e. The maximum atomic E-state index is 14.5. The van der Waals surface area contributed by atoms with Crippen molar-refractivity contribution in [2.24, 2.45) is 5.92 Å². The molecule has 258 valence electrons. The quantitative estimate of drug-likeness (QED) is 0.168. The van der Waals surface area contributed by atoms with E-state index in [-0.39, 0.29) is 62.8 Å². The Morgan fingerprint density at radius 3 is 2.52 bits per heavy atom. The Hall–Kier alpha value is -5.65. The van der Waals surface area contributed by atoms with Crippen molar-refractivity contribution in [3.63, 3.8) is 0 Å². The summed E-state index contributed by atoms with van der Waals surface area (Å²) in [6.07, 6.45) is 2.12. The monoisotopic (exact) mass is 678 g/mol.